The maximum Gasteiger partial charge on any atom is 0.144 e. The number of halogens is 2. The minimum atomic E-state index is -0.278. The van der Waals surface area contributed by atoms with E-state index >= 15 is 0 Å². The van der Waals surface area contributed by atoms with Crippen molar-refractivity contribution in [1.29, 1.82) is 0 Å². The van der Waals surface area contributed by atoms with Gasteiger partial charge in [0.2, 0.25) is 0 Å². The van der Waals surface area contributed by atoms with Crippen molar-refractivity contribution >= 4 is 21.6 Å². The van der Waals surface area contributed by atoms with Crippen LogP contribution in [0.3, 0.4) is 0 Å². The van der Waals surface area contributed by atoms with Gasteiger partial charge in [-0.05, 0) is 41.9 Å². The molecule has 0 aliphatic carbocycles. The smallest absolute Gasteiger partial charge is 0.144 e. The molecule has 0 aromatic heterocycles. The van der Waals surface area contributed by atoms with Crippen molar-refractivity contribution in [3.05, 3.63) is 22.4 Å². The molecule has 0 unspecified atom stereocenters. The molecule has 1 N–H and O–H groups in total. The molecule has 1 heterocycles. The van der Waals surface area contributed by atoms with E-state index in [2.05, 4.69) is 21.2 Å². The summed E-state index contributed by atoms with van der Waals surface area (Å²) in [6.45, 7) is 4.64. The summed E-state index contributed by atoms with van der Waals surface area (Å²) in [5.41, 5.74) is 0.453. The molecule has 0 spiro atoms. The Morgan fingerprint density at radius 1 is 1.50 bits per heavy atom. The van der Waals surface area contributed by atoms with Gasteiger partial charge in [0.1, 0.15) is 17.2 Å². The summed E-state index contributed by atoms with van der Waals surface area (Å²) < 4.78 is 19.3. The van der Waals surface area contributed by atoms with Crippen molar-refractivity contribution in [3.8, 4) is 5.75 Å². The standard InChI is InChI=1S/C10H11BrFNO/c1-10(2)5-13-9-7(14-10)4-3-6(12)8(9)11/h3-4,13H,5H2,1-2H3. The SMILES string of the molecule is CC1(C)CNc2c(ccc(F)c2Br)O1. The van der Waals surface area contributed by atoms with Crippen LogP contribution in [0.4, 0.5) is 10.1 Å². The Kier molecular flexibility index (Phi) is 2.18. The number of hydrogen-bond acceptors (Lipinski definition) is 2. The molecule has 1 aromatic rings. The second-order valence-electron chi connectivity index (χ2n) is 3.95. The first-order chi connectivity index (χ1) is 6.49. The summed E-state index contributed by atoms with van der Waals surface area (Å²) in [4.78, 5) is 0. The lowest BCUT2D eigenvalue weighted by Gasteiger charge is -2.33. The van der Waals surface area contributed by atoms with Crippen molar-refractivity contribution in [3.63, 3.8) is 0 Å². The molecule has 0 atom stereocenters. The van der Waals surface area contributed by atoms with Crippen molar-refractivity contribution in [2.24, 2.45) is 0 Å². The van der Waals surface area contributed by atoms with Gasteiger partial charge >= 0.3 is 0 Å². The predicted octanol–water partition coefficient (Wildman–Crippen LogP) is 3.17. The third-order valence-electron chi connectivity index (χ3n) is 2.13. The number of fused-ring (bicyclic) bond motifs is 1. The predicted molar refractivity (Wildman–Crippen MR) is 57.3 cm³/mol. The van der Waals surface area contributed by atoms with E-state index in [9.17, 15) is 4.39 Å². The highest BCUT2D eigenvalue weighted by molar-refractivity contribution is 9.10. The molecular weight excluding hydrogens is 249 g/mol. The largest absolute Gasteiger partial charge is 0.484 e. The molecule has 0 radical (unpaired) electrons. The summed E-state index contributed by atoms with van der Waals surface area (Å²) in [7, 11) is 0. The lowest BCUT2D eigenvalue weighted by molar-refractivity contribution is 0.116. The van der Waals surface area contributed by atoms with Crippen molar-refractivity contribution < 1.29 is 9.13 Å². The second kappa shape index (κ2) is 3.12. The van der Waals surface area contributed by atoms with Crippen LogP contribution < -0.4 is 10.1 Å². The maximum atomic E-state index is 13.2. The first kappa shape index (κ1) is 9.77. The first-order valence-corrected chi connectivity index (χ1v) is 5.20. The fourth-order valence-electron chi connectivity index (χ4n) is 1.42. The van der Waals surface area contributed by atoms with Crippen LogP contribution in [0.15, 0.2) is 16.6 Å². The van der Waals surface area contributed by atoms with Gasteiger partial charge in [0.25, 0.3) is 0 Å². The van der Waals surface area contributed by atoms with Gasteiger partial charge < -0.3 is 10.1 Å². The van der Waals surface area contributed by atoms with E-state index < -0.39 is 0 Å². The second-order valence-corrected chi connectivity index (χ2v) is 4.74. The van der Waals surface area contributed by atoms with E-state index in [1.165, 1.54) is 6.07 Å². The quantitative estimate of drug-likeness (QED) is 0.773. The Bertz CT molecular complexity index is 379. The lowest BCUT2D eigenvalue weighted by atomic mass is 10.1. The van der Waals surface area contributed by atoms with E-state index in [4.69, 9.17) is 4.74 Å². The highest BCUT2D eigenvalue weighted by Crippen LogP contribution is 2.39. The zero-order valence-corrected chi connectivity index (χ0v) is 9.61. The van der Waals surface area contributed by atoms with E-state index in [0.717, 1.165) is 0 Å². The van der Waals surface area contributed by atoms with Gasteiger partial charge in [-0.3, -0.25) is 0 Å². The number of anilines is 1. The van der Waals surface area contributed by atoms with E-state index in [1.807, 2.05) is 13.8 Å². The van der Waals surface area contributed by atoms with E-state index in [0.29, 0.717) is 22.5 Å². The third-order valence-corrected chi connectivity index (χ3v) is 2.91. The molecule has 1 aliphatic heterocycles. The molecule has 0 amide bonds. The molecule has 2 nitrogen and oxygen atoms in total. The maximum absolute atomic E-state index is 13.2. The number of benzene rings is 1. The zero-order valence-electron chi connectivity index (χ0n) is 8.03. The van der Waals surface area contributed by atoms with Crippen molar-refractivity contribution in [2.75, 3.05) is 11.9 Å². The fraction of sp³-hybridized carbons (Fsp3) is 0.400. The number of hydrogen-bond donors (Lipinski definition) is 1. The average molecular weight is 260 g/mol. The minimum Gasteiger partial charge on any atom is -0.484 e. The monoisotopic (exact) mass is 259 g/mol. The third kappa shape index (κ3) is 1.59. The fourth-order valence-corrected chi connectivity index (χ4v) is 1.89. The lowest BCUT2D eigenvalue weighted by Crippen LogP contribution is -2.40. The average Bonchev–Trinajstić information content (AvgIpc) is 2.10. The van der Waals surface area contributed by atoms with E-state index in [1.54, 1.807) is 6.07 Å². The first-order valence-electron chi connectivity index (χ1n) is 4.40. The molecule has 0 bridgehead atoms. The summed E-state index contributed by atoms with van der Waals surface area (Å²) in [5.74, 6) is 0.411. The molecule has 1 aromatic carbocycles. The summed E-state index contributed by atoms with van der Waals surface area (Å²) in [6, 6.07) is 3.04. The number of ether oxygens (including phenoxy) is 1. The van der Waals surface area contributed by atoms with Crippen LogP contribution >= 0.6 is 15.9 Å². The molecule has 0 fully saturated rings. The van der Waals surface area contributed by atoms with Crippen LogP contribution in [-0.4, -0.2) is 12.1 Å². The Hall–Kier alpha value is -0.770. The van der Waals surface area contributed by atoms with Gasteiger partial charge in [-0.2, -0.15) is 0 Å². The van der Waals surface area contributed by atoms with Gasteiger partial charge in [-0.25, -0.2) is 4.39 Å². The van der Waals surface area contributed by atoms with E-state index in [-0.39, 0.29) is 11.4 Å². The highest BCUT2D eigenvalue weighted by Gasteiger charge is 2.28. The van der Waals surface area contributed by atoms with Gasteiger partial charge in [0.05, 0.1) is 16.7 Å². The van der Waals surface area contributed by atoms with Crippen LogP contribution in [0.25, 0.3) is 0 Å². The molecule has 14 heavy (non-hydrogen) atoms. The minimum absolute atomic E-state index is 0.246. The van der Waals surface area contributed by atoms with Crippen molar-refractivity contribution in [1.82, 2.24) is 0 Å². The topological polar surface area (TPSA) is 21.3 Å². The molecule has 2 rings (SSSR count). The molecular formula is C10H11BrFNO. The zero-order chi connectivity index (χ0) is 10.3. The number of rotatable bonds is 0. The summed E-state index contributed by atoms with van der Waals surface area (Å²) >= 11 is 3.19. The van der Waals surface area contributed by atoms with Gasteiger partial charge in [0.15, 0.2) is 0 Å². The Labute approximate surface area is 90.6 Å². The molecule has 0 saturated carbocycles. The molecule has 0 saturated heterocycles. The van der Waals surface area contributed by atoms with Gasteiger partial charge in [0, 0.05) is 0 Å². The van der Waals surface area contributed by atoms with Gasteiger partial charge in [-0.15, -0.1) is 0 Å². The number of nitrogens with one attached hydrogen (secondary N) is 1. The van der Waals surface area contributed by atoms with Crippen molar-refractivity contribution in [2.45, 2.75) is 19.4 Å². The van der Waals surface area contributed by atoms with Gasteiger partial charge in [-0.1, -0.05) is 0 Å². The van der Waals surface area contributed by atoms with Crippen LogP contribution in [0, 0.1) is 5.82 Å². The highest BCUT2D eigenvalue weighted by atomic mass is 79.9. The molecule has 1 aliphatic rings. The van der Waals surface area contributed by atoms with Crippen LogP contribution in [-0.2, 0) is 0 Å². The Morgan fingerprint density at radius 2 is 2.21 bits per heavy atom. The van der Waals surface area contributed by atoms with Crippen LogP contribution in [0.1, 0.15) is 13.8 Å². The molecule has 76 valence electrons. The van der Waals surface area contributed by atoms with Crippen LogP contribution in [0.2, 0.25) is 0 Å². The van der Waals surface area contributed by atoms with Crippen LogP contribution in [0.5, 0.6) is 5.75 Å². The normalized spacial score (nSPS) is 18.0. The summed E-state index contributed by atoms with van der Waals surface area (Å²) in [6.07, 6.45) is 0. The summed E-state index contributed by atoms with van der Waals surface area (Å²) in [5, 5.41) is 3.15. The Morgan fingerprint density at radius 3 is 2.93 bits per heavy atom. The Balaban J connectivity index is 2.46. The molecule has 4 heteroatoms.